The second kappa shape index (κ2) is 58.3. The first-order valence-electron chi connectivity index (χ1n) is 47.3. The maximum absolute atomic E-state index is 15.9. The average Bonchev–Trinajstić information content (AvgIpc) is 1.66. The SMILES string of the molecule is CC(C)C[C@@H]1NC(=O)[C@@H]2CCCN2C(=O)[C@@H](NC(=O)[C@H](CCCNC(=N)N)NC(=O)[C@H](CCCNC(=N)N)NC(N)=O)CSSC[C@@H](C(=O)N[C@@H](CCCNC(=N)N)C(=O)N[C@@H](CCCNC(=N)N)C(=O)O)NC(=O)[C@H](C(C)C)NC(=O)[C@@H]2CCCN2C(=O)[C@H](CC(=O)O)NC(=O)[C@H](Cc2ccc(O)cc2)NC(=O)[C@H](CO)NC(=O)[C@H](CC2CCCC2)NC(=O)[C@H](Cc2ccc(-c3ccccc3)cc2)NC1=O. The minimum Gasteiger partial charge on any atom is -0.508 e. The van der Waals surface area contributed by atoms with Crippen LogP contribution in [-0.4, -0.2) is 303 Å². The third-order valence-corrected chi connectivity index (χ3v) is 26.6. The summed E-state index contributed by atoms with van der Waals surface area (Å²) in [5.41, 5.74) is 30.1. The van der Waals surface area contributed by atoms with Crippen molar-refractivity contribution in [1.29, 1.82) is 21.6 Å². The van der Waals surface area contributed by atoms with E-state index in [4.69, 9.17) is 50.3 Å². The first kappa shape index (κ1) is 115. The fraction of sp³-hybridized carbons (Fsp3) is 0.571. The Labute approximate surface area is 829 Å². The third kappa shape index (κ3) is 38.5. The molecule has 35 N–H and O–H groups in total. The van der Waals surface area contributed by atoms with Crippen LogP contribution in [0.2, 0.25) is 0 Å². The number of fused-ring (bicyclic) bond motifs is 2. The summed E-state index contributed by atoms with van der Waals surface area (Å²) in [6.45, 7) is 4.85. The molecule has 3 aliphatic heterocycles. The maximum Gasteiger partial charge on any atom is 0.326 e. The Morgan fingerprint density at radius 3 is 1.36 bits per heavy atom. The number of phenols is 1. The van der Waals surface area contributed by atoms with Crippen molar-refractivity contribution >= 4 is 146 Å². The number of amides is 16. The number of hydrogen-bond donors (Lipinski definition) is 30. The van der Waals surface area contributed by atoms with Crippen LogP contribution in [0.25, 0.3) is 11.1 Å². The lowest BCUT2D eigenvalue weighted by atomic mass is 9.96. The van der Waals surface area contributed by atoms with Gasteiger partial charge in [-0.05, 0) is 142 Å². The molecule has 3 heterocycles. The summed E-state index contributed by atoms with van der Waals surface area (Å²) in [5.74, 6) is -22.2. The number of urea groups is 1. The highest BCUT2D eigenvalue weighted by Crippen LogP contribution is 2.31. The molecule has 0 radical (unpaired) electrons. The number of primary amides is 1. The number of hydrogen-bond acceptors (Lipinski definition) is 25. The minimum absolute atomic E-state index is 0.00977. The Morgan fingerprint density at radius 2 is 0.873 bits per heavy atom. The van der Waals surface area contributed by atoms with Gasteiger partial charge in [-0.15, -0.1) is 0 Å². The molecule has 0 unspecified atom stereocenters. The van der Waals surface area contributed by atoms with Crippen molar-refractivity contribution in [3.63, 3.8) is 0 Å². The molecule has 49 nitrogen and oxygen atoms in total. The predicted molar refractivity (Wildman–Crippen MR) is 526 cm³/mol. The number of nitrogens with one attached hydrogen (secondary N) is 21. The minimum atomic E-state index is -2.02. The molecule has 4 fully saturated rings. The number of aliphatic hydroxyl groups is 1. The van der Waals surface area contributed by atoms with Crippen LogP contribution in [-0.2, 0) is 89.6 Å². The van der Waals surface area contributed by atoms with Crippen molar-refractivity contribution in [3.8, 4) is 16.9 Å². The van der Waals surface area contributed by atoms with Gasteiger partial charge in [-0.2, -0.15) is 0 Å². The Bertz CT molecular complexity index is 4890. The summed E-state index contributed by atoms with van der Waals surface area (Å²) < 4.78 is 0. The molecule has 142 heavy (non-hydrogen) atoms. The van der Waals surface area contributed by atoms with E-state index in [1.54, 1.807) is 38.1 Å². The van der Waals surface area contributed by atoms with Crippen molar-refractivity contribution in [2.45, 2.75) is 253 Å². The smallest absolute Gasteiger partial charge is 0.326 e. The van der Waals surface area contributed by atoms with Crippen molar-refractivity contribution in [2.24, 2.45) is 46.4 Å². The quantitative estimate of drug-likeness (QED) is 0.0112. The number of nitrogens with zero attached hydrogens (tertiary/aromatic N) is 2. The van der Waals surface area contributed by atoms with Gasteiger partial charge in [-0.25, -0.2) is 9.59 Å². The van der Waals surface area contributed by atoms with Gasteiger partial charge in [0.25, 0.3) is 0 Å². The fourth-order valence-corrected chi connectivity index (χ4v) is 19.1. The molecule has 0 aromatic heterocycles. The van der Waals surface area contributed by atoms with Crippen molar-refractivity contribution in [2.75, 3.05) is 57.4 Å². The van der Waals surface area contributed by atoms with E-state index in [1.165, 1.54) is 38.1 Å². The molecule has 3 aromatic rings. The number of phenolic OH excluding ortho intramolecular Hbond substituents is 1. The Balaban J connectivity index is 1.38. The van der Waals surface area contributed by atoms with Crippen molar-refractivity contribution < 1.29 is 102 Å². The lowest BCUT2D eigenvalue weighted by Crippen LogP contribution is -2.62. The highest BCUT2D eigenvalue weighted by molar-refractivity contribution is 8.76. The third-order valence-electron chi connectivity index (χ3n) is 24.1. The molecule has 780 valence electrons. The van der Waals surface area contributed by atoms with Gasteiger partial charge in [-0.1, -0.05) is 142 Å². The number of carboxylic acid groups (broad SMARTS) is 2. The molecule has 7 rings (SSSR count). The Morgan fingerprint density at radius 1 is 0.451 bits per heavy atom. The predicted octanol–water partition coefficient (Wildman–Crippen LogP) is -4.04. The van der Waals surface area contributed by atoms with Crippen LogP contribution in [0.4, 0.5) is 4.79 Å². The average molecular weight is 2020 g/mol. The molecule has 1 aliphatic carbocycles. The largest absolute Gasteiger partial charge is 0.508 e. The van der Waals surface area contributed by atoms with Gasteiger partial charge >= 0.3 is 18.0 Å². The Kier molecular flexibility index (Phi) is 47.2. The molecule has 3 saturated heterocycles. The van der Waals surface area contributed by atoms with E-state index in [9.17, 15) is 54.0 Å². The first-order valence-corrected chi connectivity index (χ1v) is 49.8. The summed E-state index contributed by atoms with van der Waals surface area (Å²) in [7, 11) is 1.57. The van der Waals surface area contributed by atoms with Crippen LogP contribution in [0.3, 0.4) is 0 Å². The van der Waals surface area contributed by atoms with E-state index < -0.39 is 258 Å². The number of guanidine groups is 4. The number of carbonyl (C=O) groups excluding carboxylic acids is 15. The second-order valence-electron chi connectivity index (χ2n) is 36.1. The van der Waals surface area contributed by atoms with E-state index >= 15 is 47.9 Å². The topological polar surface area (TPSA) is 808 Å². The van der Waals surface area contributed by atoms with Gasteiger partial charge < -0.3 is 149 Å². The monoisotopic (exact) mass is 2020 g/mol. The number of aliphatic hydroxyl groups excluding tert-OH is 1. The zero-order valence-corrected chi connectivity index (χ0v) is 81.6. The van der Waals surface area contributed by atoms with E-state index in [0.29, 0.717) is 18.4 Å². The zero-order valence-electron chi connectivity index (χ0n) is 79.9. The number of aromatic hydroxyl groups is 1. The molecular weight excluding hydrogens is 1890 g/mol. The highest BCUT2D eigenvalue weighted by atomic mass is 33.1. The van der Waals surface area contributed by atoms with E-state index in [0.717, 1.165) is 55.4 Å². The van der Waals surface area contributed by atoms with Crippen molar-refractivity contribution in [3.05, 3.63) is 90.0 Å². The van der Waals surface area contributed by atoms with Gasteiger partial charge in [0, 0.05) is 63.6 Å². The van der Waals surface area contributed by atoms with Gasteiger partial charge in [0.1, 0.15) is 96.4 Å². The molecule has 3 aromatic carbocycles. The number of nitrogens with two attached hydrogens (primary N) is 5. The molecule has 0 spiro atoms. The van der Waals surface area contributed by atoms with Crippen LogP contribution in [0.5, 0.6) is 5.75 Å². The standard InChI is InChI=1S/C91H138N28O21S2/c1-48(2)40-60-75(127)108-62(42-51-26-30-54(31-27-51)53-18-6-5-7-19-53)76(128)109-61(41-50-16-8-9-17-50)78(130)113-65(45-120)79(131)110-63(43-52-28-32-55(121)33-29-52)77(129)112-64(44-70(122)123)84(136)118-38-15-25-69(118)82(134)117-71(49(3)4)83(135)114-66(80(132)106-56(20-10-34-101-87(92)93)72(124)107-59(86(138)139)23-13-37-104-90(98)99)46-141-142-47-67(85(137)119-39-14-24-68(119)81(133)111-60)115-73(125)57(21-11-35-102-88(94)95)105-74(126)58(116-91(100)140)22-12-36-103-89(96)97/h5-7,18-19,26-33,48-50,56-69,71,120-121H,8-17,20-25,34-47H2,1-4H3,(H,105,126)(H,106,132)(H,107,124)(H,108,127)(H,109,128)(H,110,131)(H,111,133)(H,112,129)(H,113,130)(H,114,135)(H,115,125)(H,117,134)(H,122,123)(H,138,139)(H4,92,93,101)(H4,94,95,102)(H4,96,97,103)(H4,98,99,104)(H3,100,116,140)/t56-,57-,58-,59-,60-,61-,62-,63-,64-,65-,66-,67-,68-,69-,71-/m0/s1. The van der Waals surface area contributed by atoms with Gasteiger partial charge in [0.05, 0.1) is 13.0 Å². The summed E-state index contributed by atoms with van der Waals surface area (Å²) in [6.07, 6.45) is -0.0831. The van der Waals surface area contributed by atoms with Crippen LogP contribution < -0.4 is 119 Å². The summed E-state index contributed by atoms with van der Waals surface area (Å²) in [4.78, 5) is 253. The lowest BCUT2D eigenvalue weighted by molar-refractivity contribution is -0.146. The number of carboxylic acids is 2. The number of rotatable bonds is 39. The van der Waals surface area contributed by atoms with Crippen molar-refractivity contribution in [1.82, 2.24) is 100 Å². The normalized spacial score (nSPS) is 22.3. The zero-order chi connectivity index (χ0) is 104. The van der Waals surface area contributed by atoms with Gasteiger partial charge in [0.15, 0.2) is 23.8 Å². The molecule has 51 heteroatoms. The van der Waals surface area contributed by atoms with Crippen LogP contribution in [0, 0.1) is 39.4 Å². The number of benzene rings is 3. The Hall–Kier alpha value is -14.0. The fourth-order valence-electron chi connectivity index (χ4n) is 16.8. The second-order valence-corrected chi connectivity index (χ2v) is 38.7. The molecular formula is C91H138N28O21S2. The first-order chi connectivity index (χ1) is 67.5. The van der Waals surface area contributed by atoms with E-state index in [-0.39, 0.29) is 153 Å². The lowest BCUT2D eigenvalue weighted by Gasteiger charge is -2.31. The molecule has 16 amide bonds. The number of carbonyl (C=O) groups is 17. The molecule has 0 bridgehead atoms. The maximum atomic E-state index is 15.9. The summed E-state index contributed by atoms with van der Waals surface area (Å²) in [6, 6.07) is -4.35. The molecule has 4 aliphatic rings. The number of aliphatic carboxylic acids is 2. The van der Waals surface area contributed by atoms with Gasteiger partial charge in [0.2, 0.25) is 82.7 Å². The van der Waals surface area contributed by atoms with Gasteiger partial charge in [-0.3, -0.25) is 93.6 Å². The van der Waals surface area contributed by atoms with Crippen LogP contribution in [0.1, 0.15) is 161 Å². The van der Waals surface area contributed by atoms with E-state index in [2.05, 4.69) is 90.4 Å². The van der Waals surface area contributed by atoms with Crippen LogP contribution in [0.15, 0.2) is 78.9 Å². The highest BCUT2D eigenvalue weighted by Gasteiger charge is 2.45. The molecule has 15 atom stereocenters. The van der Waals surface area contributed by atoms with E-state index in [1.807, 2.05) is 30.3 Å². The summed E-state index contributed by atoms with van der Waals surface area (Å²) >= 11 is 0. The summed E-state index contributed by atoms with van der Waals surface area (Å²) in [5, 5.41) is 117. The molecule has 1 saturated carbocycles. The van der Waals surface area contributed by atoms with Crippen LogP contribution >= 0.6 is 21.6 Å².